The first-order chi connectivity index (χ1) is 10.3. The van der Waals surface area contributed by atoms with Gasteiger partial charge in [0.05, 0.1) is 24.4 Å². The number of benzene rings is 1. The number of nitrogens with zero attached hydrogens (tertiary/aromatic N) is 5. The molecule has 1 saturated heterocycles. The molecule has 0 aliphatic carbocycles. The third-order valence-electron chi connectivity index (χ3n) is 4.35. The SMILES string of the molecule is CCC(C)(c1nnnn1-c1ccccc1)N1CCOCC1. The fourth-order valence-corrected chi connectivity index (χ4v) is 2.85. The van der Waals surface area contributed by atoms with E-state index in [0.717, 1.165) is 44.2 Å². The lowest BCUT2D eigenvalue weighted by atomic mass is 9.94. The maximum absolute atomic E-state index is 5.47. The van der Waals surface area contributed by atoms with Crippen LogP contribution in [0.5, 0.6) is 0 Å². The van der Waals surface area contributed by atoms with Crippen LogP contribution >= 0.6 is 0 Å². The van der Waals surface area contributed by atoms with E-state index in [1.807, 2.05) is 35.0 Å². The fourth-order valence-electron chi connectivity index (χ4n) is 2.85. The summed E-state index contributed by atoms with van der Waals surface area (Å²) < 4.78 is 7.32. The molecule has 0 radical (unpaired) electrons. The van der Waals surface area contributed by atoms with E-state index in [-0.39, 0.29) is 5.54 Å². The number of tetrazole rings is 1. The lowest BCUT2D eigenvalue weighted by molar-refractivity contribution is -0.0240. The van der Waals surface area contributed by atoms with Crippen molar-refractivity contribution in [2.75, 3.05) is 26.3 Å². The van der Waals surface area contributed by atoms with Gasteiger partial charge in [-0.15, -0.1) is 5.10 Å². The van der Waals surface area contributed by atoms with Gasteiger partial charge in [0, 0.05) is 13.1 Å². The molecule has 1 aliphatic heterocycles. The molecule has 0 N–H and O–H groups in total. The Hall–Kier alpha value is -1.79. The minimum absolute atomic E-state index is 0.191. The predicted molar refractivity (Wildman–Crippen MR) is 79.2 cm³/mol. The van der Waals surface area contributed by atoms with E-state index in [4.69, 9.17) is 4.74 Å². The molecule has 21 heavy (non-hydrogen) atoms. The molecule has 1 atom stereocenters. The van der Waals surface area contributed by atoms with Crippen LogP contribution in [0.4, 0.5) is 0 Å². The maximum Gasteiger partial charge on any atom is 0.176 e. The summed E-state index contributed by atoms with van der Waals surface area (Å²) in [5, 5.41) is 12.4. The van der Waals surface area contributed by atoms with E-state index in [1.54, 1.807) is 0 Å². The molecule has 0 bridgehead atoms. The molecule has 0 saturated carbocycles. The summed E-state index contributed by atoms with van der Waals surface area (Å²) in [6.45, 7) is 7.74. The minimum atomic E-state index is -0.191. The summed E-state index contributed by atoms with van der Waals surface area (Å²) in [6, 6.07) is 10.0. The Morgan fingerprint density at radius 2 is 1.90 bits per heavy atom. The van der Waals surface area contributed by atoms with Gasteiger partial charge in [-0.2, -0.15) is 4.68 Å². The van der Waals surface area contributed by atoms with Crippen molar-refractivity contribution in [3.05, 3.63) is 36.2 Å². The quantitative estimate of drug-likeness (QED) is 0.855. The number of hydrogen-bond acceptors (Lipinski definition) is 5. The van der Waals surface area contributed by atoms with Gasteiger partial charge in [0.15, 0.2) is 5.82 Å². The van der Waals surface area contributed by atoms with Crippen molar-refractivity contribution in [3.8, 4) is 5.69 Å². The van der Waals surface area contributed by atoms with Crippen molar-refractivity contribution < 1.29 is 4.74 Å². The maximum atomic E-state index is 5.47. The normalized spacial score (nSPS) is 19.3. The lowest BCUT2D eigenvalue weighted by Crippen LogP contribution is -2.50. The van der Waals surface area contributed by atoms with E-state index >= 15 is 0 Å². The van der Waals surface area contributed by atoms with Gasteiger partial charge in [-0.25, -0.2) is 0 Å². The van der Waals surface area contributed by atoms with Gasteiger partial charge in [-0.1, -0.05) is 25.1 Å². The molecule has 2 heterocycles. The first-order valence-corrected chi connectivity index (χ1v) is 7.43. The predicted octanol–water partition coefficient (Wildman–Crippen LogP) is 1.62. The van der Waals surface area contributed by atoms with Crippen LogP contribution in [0, 0.1) is 0 Å². The molecule has 1 aliphatic rings. The topological polar surface area (TPSA) is 56.1 Å². The molecule has 112 valence electrons. The standard InChI is InChI=1S/C15H21N5O/c1-3-15(2,19-9-11-21-12-10-19)14-16-17-18-20(14)13-7-5-4-6-8-13/h4-8H,3,9-12H2,1-2H3. The highest BCUT2D eigenvalue weighted by Crippen LogP contribution is 2.31. The monoisotopic (exact) mass is 287 g/mol. The van der Waals surface area contributed by atoms with Crippen molar-refractivity contribution in [3.63, 3.8) is 0 Å². The Balaban J connectivity index is 2.00. The van der Waals surface area contributed by atoms with Gasteiger partial charge < -0.3 is 4.74 Å². The molecule has 0 amide bonds. The summed E-state index contributed by atoms with van der Waals surface area (Å²) in [6.07, 6.45) is 0.945. The van der Waals surface area contributed by atoms with Crippen LogP contribution in [0.2, 0.25) is 0 Å². The lowest BCUT2D eigenvalue weighted by Gasteiger charge is -2.41. The minimum Gasteiger partial charge on any atom is -0.379 e. The van der Waals surface area contributed by atoms with E-state index < -0.39 is 0 Å². The highest BCUT2D eigenvalue weighted by molar-refractivity contribution is 5.31. The zero-order chi connectivity index (χ0) is 14.7. The highest BCUT2D eigenvalue weighted by atomic mass is 16.5. The molecular formula is C15H21N5O. The molecule has 1 aromatic carbocycles. The van der Waals surface area contributed by atoms with E-state index in [9.17, 15) is 0 Å². The van der Waals surface area contributed by atoms with E-state index in [2.05, 4.69) is 34.3 Å². The summed E-state index contributed by atoms with van der Waals surface area (Å²) in [7, 11) is 0. The largest absolute Gasteiger partial charge is 0.379 e. The van der Waals surface area contributed by atoms with Crippen LogP contribution < -0.4 is 0 Å². The summed E-state index contributed by atoms with van der Waals surface area (Å²) in [5.41, 5.74) is 0.800. The zero-order valence-corrected chi connectivity index (χ0v) is 12.6. The van der Waals surface area contributed by atoms with Gasteiger partial charge >= 0.3 is 0 Å². The van der Waals surface area contributed by atoms with Gasteiger partial charge in [0.2, 0.25) is 0 Å². The van der Waals surface area contributed by atoms with Crippen LogP contribution in [0.3, 0.4) is 0 Å². The molecule has 0 spiro atoms. The van der Waals surface area contributed by atoms with Crippen molar-refractivity contribution >= 4 is 0 Å². The number of rotatable bonds is 4. The fraction of sp³-hybridized carbons (Fsp3) is 0.533. The Bertz CT molecular complexity index is 579. The summed E-state index contributed by atoms with van der Waals surface area (Å²) >= 11 is 0. The van der Waals surface area contributed by atoms with Crippen molar-refractivity contribution in [2.45, 2.75) is 25.8 Å². The Kier molecular flexibility index (Phi) is 3.98. The number of para-hydroxylation sites is 1. The van der Waals surface area contributed by atoms with Crippen LogP contribution in [0.25, 0.3) is 5.69 Å². The summed E-state index contributed by atoms with van der Waals surface area (Å²) in [4.78, 5) is 2.42. The van der Waals surface area contributed by atoms with Gasteiger partial charge in [0.25, 0.3) is 0 Å². The van der Waals surface area contributed by atoms with Crippen LogP contribution in [-0.4, -0.2) is 51.4 Å². The first kappa shape index (κ1) is 14.2. The molecule has 1 unspecified atom stereocenters. The van der Waals surface area contributed by atoms with Gasteiger partial charge in [-0.3, -0.25) is 4.90 Å². The van der Waals surface area contributed by atoms with E-state index in [1.165, 1.54) is 0 Å². The van der Waals surface area contributed by atoms with Crippen molar-refractivity contribution in [2.24, 2.45) is 0 Å². The number of aromatic nitrogens is 4. The third kappa shape index (κ3) is 2.56. The molecule has 6 heteroatoms. The smallest absolute Gasteiger partial charge is 0.176 e. The second-order valence-electron chi connectivity index (χ2n) is 5.48. The molecule has 2 aromatic rings. The molecule has 6 nitrogen and oxygen atoms in total. The van der Waals surface area contributed by atoms with Gasteiger partial charge in [-0.05, 0) is 35.9 Å². The average molecular weight is 287 g/mol. The second-order valence-corrected chi connectivity index (χ2v) is 5.48. The third-order valence-corrected chi connectivity index (χ3v) is 4.35. The Morgan fingerprint density at radius 1 is 1.19 bits per heavy atom. The van der Waals surface area contributed by atoms with Crippen molar-refractivity contribution in [1.29, 1.82) is 0 Å². The Labute approximate surface area is 124 Å². The highest BCUT2D eigenvalue weighted by Gasteiger charge is 2.38. The zero-order valence-electron chi connectivity index (χ0n) is 12.6. The molecule has 1 fully saturated rings. The van der Waals surface area contributed by atoms with Crippen LogP contribution in [-0.2, 0) is 10.3 Å². The second kappa shape index (κ2) is 5.91. The van der Waals surface area contributed by atoms with Crippen molar-refractivity contribution in [1.82, 2.24) is 25.1 Å². The van der Waals surface area contributed by atoms with Crippen LogP contribution in [0.1, 0.15) is 26.1 Å². The first-order valence-electron chi connectivity index (χ1n) is 7.43. The number of ether oxygens (including phenoxy) is 1. The number of morpholine rings is 1. The number of hydrogen-bond donors (Lipinski definition) is 0. The molecule has 3 rings (SSSR count). The van der Waals surface area contributed by atoms with E-state index in [0.29, 0.717) is 0 Å². The van der Waals surface area contributed by atoms with Crippen LogP contribution in [0.15, 0.2) is 30.3 Å². The molecular weight excluding hydrogens is 266 g/mol. The average Bonchev–Trinajstić information content (AvgIpc) is 3.06. The Morgan fingerprint density at radius 3 is 2.57 bits per heavy atom. The summed E-state index contributed by atoms with van der Waals surface area (Å²) in [5.74, 6) is 0.887. The molecule has 1 aromatic heterocycles. The van der Waals surface area contributed by atoms with Gasteiger partial charge in [0.1, 0.15) is 0 Å².